The highest BCUT2D eigenvalue weighted by molar-refractivity contribution is 7.98. The van der Waals surface area contributed by atoms with E-state index in [4.69, 9.17) is 0 Å². The molecule has 0 saturated carbocycles. The molecule has 0 aliphatic carbocycles. The van der Waals surface area contributed by atoms with Crippen LogP contribution in [0.1, 0.15) is 54.2 Å². The molecule has 0 amide bonds. The van der Waals surface area contributed by atoms with Crippen LogP contribution in [0.5, 0.6) is 0 Å². The summed E-state index contributed by atoms with van der Waals surface area (Å²) in [5.74, 6) is -0.289. The number of carbonyl (C=O) groups excluding carboxylic acids is 1. The van der Waals surface area contributed by atoms with E-state index in [-0.39, 0.29) is 5.82 Å². The quantitative estimate of drug-likeness (QED) is 0.283. The lowest BCUT2D eigenvalue weighted by Crippen LogP contribution is -2.06. The SMILES string of the molecule is CCCCCCc1nc(SC)nc(-c2ccc(F)cc2C)c1C=O. The summed E-state index contributed by atoms with van der Waals surface area (Å²) in [6.45, 7) is 4.00. The number of nitrogens with zero attached hydrogens (tertiary/aromatic N) is 2. The molecule has 1 heterocycles. The van der Waals surface area contributed by atoms with Crippen LogP contribution in [0.25, 0.3) is 11.3 Å². The minimum absolute atomic E-state index is 0.289. The monoisotopic (exact) mass is 346 g/mol. The summed E-state index contributed by atoms with van der Waals surface area (Å²) in [5.41, 5.74) is 3.47. The van der Waals surface area contributed by atoms with Gasteiger partial charge < -0.3 is 0 Å². The molecule has 0 bridgehead atoms. The summed E-state index contributed by atoms with van der Waals surface area (Å²) in [4.78, 5) is 20.8. The van der Waals surface area contributed by atoms with E-state index in [1.165, 1.54) is 36.7 Å². The first-order chi connectivity index (χ1) is 11.6. The topological polar surface area (TPSA) is 42.9 Å². The predicted octanol–water partition coefficient (Wildman–Crippen LogP) is 5.25. The summed E-state index contributed by atoms with van der Waals surface area (Å²) in [6.07, 6.45) is 7.98. The molecular formula is C19H23FN2OS. The van der Waals surface area contributed by atoms with Crippen LogP contribution < -0.4 is 0 Å². The van der Waals surface area contributed by atoms with Crippen molar-refractivity contribution in [2.75, 3.05) is 6.26 Å². The molecule has 3 nitrogen and oxygen atoms in total. The van der Waals surface area contributed by atoms with Crippen LogP contribution in [0.15, 0.2) is 23.4 Å². The summed E-state index contributed by atoms with van der Waals surface area (Å²) >= 11 is 1.45. The maximum absolute atomic E-state index is 13.4. The van der Waals surface area contributed by atoms with Crippen LogP contribution in [0, 0.1) is 12.7 Å². The minimum Gasteiger partial charge on any atom is -0.298 e. The van der Waals surface area contributed by atoms with Gasteiger partial charge in [0.25, 0.3) is 0 Å². The fourth-order valence-corrected chi connectivity index (χ4v) is 3.10. The highest BCUT2D eigenvalue weighted by Crippen LogP contribution is 2.29. The van der Waals surface area contributed by atoms with Gasteiger partial charge in [-0.25, -0.2) is 14.4 Å². The number of rotatable bonds is 8. The number of thioether (sulfide) groups is 1. The number of carbonyl (C=O) groups is 1. The van der Waals surface area contributed by atoms with Crippen LogP contribution in [-0.2, 0) is 6.42 Å². The van der Waals surface area contributed by atoms with Crippen molar-refractivity contribution in [1.29, 1.82) is 0 Å². The van der Waals surface area contributed by atoms with E-state index in [2.05, 4.69) is 16.9 Å². The molecule has 0 aliphatic rings. The van der Waals surface area contributed by atoms with E-state index in [1.54, 1.807) is 6.07 Å². The van der Waals surface area contributed by atoms with Gasteiger partial charge in [-0.1, -0.05) is 37.9 Å². The zero-order valence-electron chi connectivity index (χ0n) is 14.4. The average Bonchev–Trinajstić information content (AvgIpc) is 2.58. The zero-order valence-corrected chi connectivity index (χ0v) is 15.3. The van der Waals surface area contributed by atoms with Gasteiger partial charge in [0, 0.05) is 5.56 Å². The van der Waals surface area contributed by atoms with E-state index in [9.17, 15) is 9.18 Å². The number of unbranched alkanes of at least 4 members (excludes halogenated alkanes) is 3. The molecule has 0 unspecified atom stereocenters. The summed E-state index contributed by atoms with van der Waals surface area (Å²) in [5, 5.41) is 0.643. The van der Waals surface area contributed by atoms with Crippen molar-refractivity contribution in [3.05, 3.63) is 40.8 Å². The Bertz CT molecular complexity index is 719. The van der Waals surface area contributed by atoms with Crippen molar-refractivity contribution in [2.45, 2.75) is 51.1 Å². The lowest BCUT2D eigenvalue weighted by molar-refractivity contribution is 0.112. The van der Waals surface area contributed by atoms with E-state index in [1.807, 2.05) is 13.2 Å². The van der Waals surface area contributed by atoms with Crippen molar-refractivity contribution < 1.29 is 9.18 Å². The summed E-state index contributed by atoms with van der Waals surface area (Å²) < 4.78 is 13.4. The molecule has 2 rings (SSSR count). The Morgan fingerprint density at radius 3 is 2.62 bits per heavy atom. The number of aldehydes is 1. The summed E-state index contributed by atoms with van der Waals surface area (Å²) in [7, 11) is 0. The van der Waals surface area contributed by atoms with Gasteiger partial charge >= 0.3 is 0 Å². The zero-order chi connectivity index (χ0) is 17.5. The van der Waals surface area contributed by atoms with Gasteiger partial charge in [0.2, 0.25) is 0 Å². The van der Waals surface area contributed by atoms with Crippen molar-refractivity contribution in [2.24, 2.45) is 0 Å². The second-order valence-electron chi connectivity index (χ2n) is 5.81. The number of aromatic nitrogens is 2. The van der Waals surface area contributed by atoms with E-state index in [0.29, 0.717) is 16.4 Å². The molecular weight excluding hydrogens is 323 g/mol. The van der Waals surface area contributed by atoms with Crippen molar-refractivity contribution >= 4 is 18.0 Å². The Labute approximate surface area is 147 Å². The highest BCUT2D eigenvalue weighted by atomic mass is 32.2. The first-order valence-corrected chi connectivity index (χ1v) is 9.49. The van der Waals surface area contributed by atoms with Crippen LogP contribution in [-0.4, -0.2) is 22.5 Å². The molecule has 0 atom stereocenters. The lowest BCUT2D eigenvalue weighted by atomic mass is 9.98. The van der Waals surface area contributed by atoms with Crippen molar-refractivity contribution in [1.82, 2.24) is 9.97 Å². The molecule has 1 aromatic heterocycles. The van der Waals surface area contributed by atoms with Crippen molar-refractivity contribution in [3.63, 3.8) is 0 Å². The Hall–Kier alpha value is -1.75. The second-order valence-corrected chi connectivity index (χ2v) is 6.58. The Morgan fingerprint density at radius 1 is 1.21 bits per heavy atom. The average molecular weight is 346 g/mol. The maximum Gasteiger partial charge on any atom is 0.188 e. The molecule has 128 valence electrons. The first kappa shape index (κ1) is 18.6. The van der Waals surface area contributed by atoms with E-state index < -0.39 is 0 Å². The van der Waals surface area contributed by atoms with Crippen LogP contribution in [0.3, 0.4) is 0 Å². The number of hydrogen-bond donors (Lipinski definition) is 0. The molecule has 5 heteroatoms. The van der Waals surface area contributed by atoms with Crippen LogP contribution in [0.4, 0.5) is 4.39 Å². The molecule has 0 spiro atoms. The van der Waals surface area contributed by atoms with Gasteiger partial charge in [-0.2, -0.15) is 0 Å². The number of benzene rings is 1. The molecule has 1 aromatic carbocycles. The Morgan fingerprint density at radius 2 is 2.00 bits per heavy atom. The minimum atomic E-state index is -0.289. The molecule has 0 fully saturated rings. The van der Waals surface area contributed by atoms with Gasteiger partial charge in [0.05, 0.1) is 17.0 Å². The Kier molecular flexibility index (Phi) is 6.91. The van der Waals surface area contributed by atoms with Gasteiger partial charge in [0.1, 0.15) is 5.82 Å². The number of halogens is 1. The second kappa shape index (κ2) is 8.92. The number of aryl methyl sites for hydroxylation is 2. The largest absolute Gasteiger partial charge is 0.298 e. The van der Waals surface area contributed by atoms with Gasteiger partial charge in [-0.3, -0.25) is 4.79 Å². The maximum atomic E-state index is 13.4. The Balaban J connectivity index is 2.47. The normalized spacial score (nSPS) is 10.8. The highest BCUT2D eigenvalue weighted by Gasteiger charge is 2.17. The molecule has 0 aliphatic heterocycles. The van der Waals surface area contributed by atoms with Crippen LogP contribution in [0.2, 0.25) is 0 Å². The third-order valence-corrected chi connectivity index (χ3v) is 4.56. The summed E-state index contributed by atoms with van der Waals surface area (Å²) in [6, 6.07) is 4.55. The van der Waals surface area contributed by atoms with Crippen molar-refractivity contribution in [3.8, 4) is 11.3 Å². The van der Waals surface area contributed by atoms with Gasteiger partial charge in [-0.05, 0) is 49.8 Å². The van der Waals surface area contributed by atoms with Crippen LogP contribution >= 0.6 is 11.8 Å². The van der Waals surface area contributed by atoms with E-state index >= 15 is 0 Å². The fourth-order valence-electron chi connectivity index (χ4n) is 2.72. The molecule has 24 heavy (non-hydrogen) atoms. The van der Waals surface area contributed by atoms with Gasteiger partial charge in [0.15, 0.2) is 11.4 Å². The van der Waals surface area contributed by atoms with E-state index in [0.717, 1.165) is 42.4 Å². The first-order valence-electron chi connectivity index (χ1n) is 8.27. The molecule has 0 radical (unpaired) electrons. The molecule has 0 N–H and O–H groups in total. The third kappa shape index (κ3) is 4.41. The predicted molar refractivity (Wildman–Crippen MR) is 97.2 cm³/mol. The lowest BCUT2D eigenvalue weighted by Gasteiger charge is -2.13. The third-order valence-electron chi connectivity index (χ3n) is 4.02. The molecule has 2 aromatic rings. The fraction of sp³-hybridized carbons (Fsp3) is 0.421. The standard InChI is InChI=1S/C19H23FN2OS/c1-4-5-6-7-8-17-16(12-23)18(22-19(21-17)24-3)15-10-9-14(20)11-13(15)2/h9-12H,4-8H2,1-3H3. The molecule has 0 saturated heterocycles. The smallest absolute Gasteiger partial charge is 0.188 e. The van der Waals surface area contributed by atoms with Gasteiger partial charge in [-0.15, -0.1) is 0 Å². The number of hydrogen-bond acceptors (Lipinski definition) is 4.